The van der Waals surface area contributed by atoms with Crippen molar-refractivity contribution in [2.75, 3.05) is 66.1 Å². The molecule has 0 aromatic carbocycles. The van der Waals surface area contributed by atoms with Crippen LogP contribution in [-0.4, -0.2) is 140 Å². The van der Waals surface area contributed by atoms with Gasteiger partial charge >= 0.3 is 11.9 Å². The van der Waals surface area contributed by atoms with Crippen LogP contribution in [0.25, 0.3) is 0 Å². The third kappa shape index (κ3) is 52.2. The zero-order valence-corrected chi connectivity index (χ0v) is 36.8. The van der Waals surface area contributed by atoms with Crippen molar-refractivity contribution in [2.24, 2.45) is 5.41 Å². The van der Waals surface area contributed by atoms with Gasteiger partial charge in [-0.1, -0.05) is 12.2 Å². The van der Waals surface area contributed by atoms with Crippen molar-refractivity contribution in [1.29, 1.82) is 0 Å². The molecule has 0 aromatic heterocycles. The Morgan fingerprint density at radius 2 is 1.23 bits per heavy atom. The summed E-state index contributed by atoms with van der Waals surface area (Å²) in [5.74, 6) is -0.546. The van der Waals surface area contributed by atoms with Crippen LogP contribution in [0.4, 0.5) is 0 Å². The molecule has 0 aliphatic carbocycles. The van der Waals surface area contributed by atoms with E-state index in [1.165, 1.54) is 6.92 Å². The second-order valence-corrected chi connectivity index (χ2v) is 13.4. The first-order valence-electron chi connectivity index (χ1n) is 16.2. The lowest BCUT2D eigenvalue weighted by molar-refractivity contribution is -0.153. The summed E-state index contributed by atoms with van der Waals surface area (Å²) in [6.45, 7) is 17.8. The van der Waals surface area contributed by atoms with Gasteiger partial charge in [-0.15, -0.1) is 13.2 Å². The molecule has 2 fully saturated rings. The number of hydrogen-bond donors (Lipinski definition) is 5. The maximum atomic E-state index is 11.3. The van der Waals surface area contributed by atoms with Gasteiger partial charge < -0.3 is 67.1 Å². The lowest BCUT2D eigenvalue weighted by atomic mass is 9.97. The number of rotatable bonds is 21. The van der Waals surface area contributed by atoms with Gasteiger partial charge in [0.2, 0.25) is 0 Å². The summed E-state index contributed by atoms with van der Waals surface area (Å²) >= 11 is 0. The average Bonchev–Trinajstić information content (AvgIpc) is 3.99. The minimum Gasteiger partial charge on any atom is -0.465 e. The van der Waals surface area contributed by atoms with Gasteiger partial charge in [0, 0.05) is 73.7 Å². The number of aliphatic hydroxyl groups excluding tert-OH is 5. The van der Waals surface area contributed by atoms with E-state index in [0.717, 1.165) is 19.8 Å². The summed E-state index contributed by atoms with van der Waals surface area (Å²) in [6, 6.07) is 0. The van der Waals surface area contributed by atoms with Gasteiger partial charge in [0.05, 0.1) is 83.2 Å². The smallest absolute Gasteiger partial charge is 0.311 e. The topological polar surface area (TPSA) is 225 Å². The van der Waals surface area contributed by atoms with Crippen LogP contribution in [0.15, 0.2) is 25.3 Å². The largest absolute Gasteiger partial charge is 0.465 e. The molecule has 52 heavy (non-hydrogen) atoms. The molecule has 0 radical (unpaired) electrons. The Bertz CT molecular complexity index is 815. The normalized spacial score (nSPS) is 17.3. The molecule has 312 valence electrons. The van der Waals surface area contributed by atoms with Gasteiger partial charge in [0.1, 0.15) is 18.3 Å². The molecule has 2 aliphatic rings. The molecular formula is C31H67O16P5. The van der Waals surface area contributed by atoms with Crippen LogP contribution in [0.1, 0.15) is 53.4 Å². The van der Waals surface area contributed by atoms with Gasteiger partial charge in [0.25, 0.3) is 0 Å². The van der Waals surface area contributed by atoms with E-state index in [2.05, 4.69) is 73.9 Å². The molecule has 0 aromatic rings. The van der Waals surface area contributed by atoms with E-state index < -0.39 is 23.7 Å². The van der Waals surface area contributed by atoms with E-state index in [1.54, 1.807) is 32.9 Å². The van der Waals surface area contributed by atoms with E-state index in [1.807, 2.05) is 9.47 Å². The fourth-order valence-corrected chi connectivity index (χ4v) is 3.63. The van der Waals surface area contributed by atoms with Crippen molar-refractivity contribution in [2.45, 2.75) is 90.0 Å². The van der Waals surface area contributed by atoms with Gasteiger partial charge in [-0.3, -0.25) is 9.59 Å². The Morgan fingerprint density at radius 3 is 1.54 bits per heavy atom. The lowest BCUT2D eigenvalue weighted by Gasteiger charge is -2.17. The predicted molar refractivity (Wildman–Crippen MR) is 215 cm³/mol. The van der Waals surface area contributed by atoms with Crippen molar-refractivity contribution < 1.29 is 76.7 Å². The Kier molecular flexibility index (Phi) is 47.8. The third-order valence-corrected chi connectivity index (χ3v) is 6.36. The SMILES string of the molecule is C=CCC(COP)OC(C)=O.C=CCC(O)COP.CC(C)(C)C(=O)OCCC(O)COP.OCC1CO1.OCCC(O)COP.POCC1CO1. The summed E-state index contributed by atoms with van der Waals surface area (Å²) in [5.41, 5.74) is -0.484. The molecule has 0 saturated carbocycles. The minimum atomic E-state index is -0.583. The average molecular weight is 851 g/mol. The van der Waals surface area contributed by atoms with E-state index in [4.69, 9.17) is 39.2 Å². The fourth-order valence-electron chi connectivity index (χ4n) is 2.54. The van der Waals surface area contributed by atoms with Crippen molar-refractivity contribution >= 4 is 59.3 Å². The van der Waals surface area contributed by atoms with Crippen molar-refractivity contribution in [3.63, 3.8) is 0 Å². The molecule has 2 saturated heterocycles. The van der Waals surface area contributed by atoms with Gasteiger partial charge in [-0.25, -0.2) is 0 Å². The van der Waals surface area contributed by atoms with Crippen molar-refractivity contribution in [3.8, 4) is 0 Å². The quantitative estimate of drug-likeness (QED) is 0.0484. The van der Waals surface area contributed by atoms with E-state index in [-0.39, 0.29) is 57.2 Å². The van der Waals surface area contributed by atoms with E-state index in [9.17, 15) is 14.7 Å². The van der Waals surface area contributed by atoms with Crippen LogP contribution in [0.5, 0.6) is 0 Å². The number of carbonyl (C=O) groups is 2. The Hall–Kier alpha value is 0.0900. The summed E-state index contributed by atoms with van der Waals surface area (Å²) in [4.78, 5) is 21.7. The van der Waals surface area contributed by atoms with Crippen molar-refractivity contribution in [1.82, 2.24) is 0 Å². The second-order valence-electron chi connectivity index (χ2n) is 11.7. The molecule has 11 unspecified atom stereocenters. The maximum absolute atomic E-state index is 11.3. The highest BCUT2D eigenvalue weighted by Gasteiger charge is 2.23. The lowest BCUT2D eigenvalue weighted by Crippen LogP contribution is -2.25. The minimum absolute atomic E-state index is 0.00912. The molecule has 2 aliphatic heterocycles. The number of epoxide rings is 2. The van der Waals surface area contributed by atoms with Crippen molar-refractivity contribution in [3.05, 3.63) is 25.3 Å². The van der Waals surface area contributed by atoms with Crippen LogP contribution in [0.2, 0.25) is 0 Å². The summed E-state index contributed by atoms with van der Waals surface area (Å²) in [5, 5.41) is 43.1. The molecule has 2 heterocycles. The molecule has 5 N–H and O–H groups in total. The first-order chi connectivity index (χ1) is 24.6. The number of ether oxygens (including phenoxy) is 4. The summed E-state index contributed by atoms with van der Waals surface area (Å²) in [7, 11) is 10.5. The maximum Gasteiger partial charge on any atom is 0.311 e. The highest BCUT2D eigenvalue weighted by Crippen LogP contribution is 2.15. The first kappa shape index (κ1) is 58.8. The molecule has 16 nitrogen and oxygen atoms in total. The third-order valence-electron chi connectivity index (χ3n) is 5.40. The second kappa shape index (κ2) is 42.2. The monoisotopic (exact) mass is 850 g/mol. The predicted octanol–water partition coefficient (Wildman–Crippen LogP) is 2.27. The summed E-state index contributed by atoms with van der Waals surface area (Å²) < 4.78 is 42.4. The molecule has 0 spiro atoms. The fraction of sp³-hybridized carbons (Fsp3) is 0.806. The van der Waals surface area contributed by atoms with Gasteiger partial charge in [-0.2, -0.15) is 0 Å². The molecule has 11 atom stereocenters. The zero-order valence-electron chi connectivity index (χ0n) is 31.0. The molecular weight excluding hydrogens is 783 g/mol. The highest BCUT2D eigenvalue weighted by atomic mass is 31.0. The Balaban J connectivity index is -0.000000274. The van der Waals surface area contributed by atoms with Crippen LogP contribution in [-0.2, 0) is 51.2 Å². The van der Waals surface area contributed by atoms with Gasteiger partial charge in [-0.05, 0) is 33.6 Å². The Morgan fingerprint density at radius 1 is 0.769 bits per heavy atom. The Labute approximate surface area is 322 Å². The van der Waals surface area contributed by atoms with E-state index >= 15 is 0 Å². The zero-order chi connectivity index (χ0) is 40.8. The molecule has 21 heteroatoms. The number of aliphatic hydroxyl groups is 5. The highest BCUT2D eigenvalue weighted by molar-refractivity contribution is 7.10. The van der Waals surface area contributed by atoms with E-state index in [0.29, 0.717) is 45.0 Å². The van der Waals surface area contributed by atoms with Crippen LogP contribution in [0, 0.1) is 5.41 Å². The molecule has 0 amide bonds. The first-order valence-corrected chi connectivity index (χ1v) is 18.6. The number of carbonyl (C=O) groups excluding carboxylic acids is 2. The number of hydrogen-bond acceptors (Lipinski definition) is 16. The van der Waals surface area contributed by atoms with Crippen LogP contribution < -0.4 is 0 Å². The van der Waals surface area contributed by atoms with Crippen LogP contribution >= 0.6 is 47.3 Å². The number of esters is 2. The molecule has 0 bridgehead atoms. The van der Waals surface area contributed by atoms with Gasteiger partial charge in [0.15, 0.2) is 0 Å². The standard InChI is InChI=1S/C9H19O4P.C7H13O3P.C5H11O2P.C4H11O3P.C3H7O2P.C3H6O2/c1-9(2,3)8(11)12-5-4-7(10)6-13-14;1-3-4-7(5-9-11)10-6(2)8;1-2-3-5(6)4-7-8;5-2-1-4(6)3-7-8;6-5-2-3-1-4-3;4-1-3-2-5-3/h7,10H,4-6,14H2,1-3H3;3,7H,1,4-5,11H2,2H3;2,5-6H,1,3-4,8H2;4-6H,1-3,8H2;3H,1-2,6H2;3-4H,1-2H2. The summed E-state index contributed by atoms with van der Waals surface area (Å²) in [6.07, 6.45) is 4.22. The van der Waals surface area contributed by atoms with Crippen LogP contribution in [0.3, 0.4) is 0 Å². The molecule has 2 rings (SSSR count).